The Morgan fingerprint density at radius 3 is 2.11 bits per heavy atom. The fourth-order valence-corrected chi connectivity index (χ4v) is 2.31. The molecule has 144 valence electrons. The van der Waals surface area contributed by atoms with E-state index in [1.807, 2.05) is 0 Å². The molecule has 1 amide bonds. The lowest BCUT2D eigenvalue weighted by molar-refractivity contribution is -0.384. The highest BCUT2D eigenvalue weighted by molar-refractivity contribution is 5.94. The largest absolute Gasteiger partial charge is 0.416 e. The predicted molar refractivity (Wildman–Crippen MR) is 87.8 cm³/mol. The Balaban J connectivity index is 2.10. The van der Waals surface area contributed by atoms with Gasteiger partial charge in [0.05, 0.1) is 23.1 Å². The minimum atomic E-state index is -4.53. The molecule has 7 nitrogen and oxygen atoms in total. The lowest BCUT2D eigenvalue weighted by atomic mass is 10.0. The van der Waals surface area contributed by atoms with Crippen molar-refractivity contribution in [2.75, 3.05) is 6.61 Å². The van der Waals surface area contributed by atoms with Crippen LogP contribution in [0, 0.1) is 10.1 Å². The fourth-order valence-electron chi connectivity index (χ4n) is 2.31. The van der Waals surface area contributed by atoms with Crippen LogP contribution in [0.3, 0.4) is 0 Å². The Labute approximate surface area is 151 Å². The number of hydrogen-bond acceptors (Lipinski definition) is 5. The molecule has 0 fully saturated rings. The normalized spacial score (nSPS) is 13.7. The van der Waals surface area contributed by atoms with Crippen LogP contribution in [-0.2, 0) is 6.18 Å². The third-order valence-electron chi connectivity index (χ3n) is 3.81. The van der Waals surface area contributed by atoms with Gasteiger partial charge in [0.25, 0.3) is 11.6 Å². The Kier molecular flexibility index (Phi) is 6.13. The van der Waals surface area contributed by atoms with Crippen LogP contribution >= 0.6 is 0 Å². The topological polar surface area (TPSA) is 113 Å². The van der Waals surface area contributed by atoms with Gasteiger partial charge >= 0.3 is 6.18 Å². The molecule has 3 N–H and O–H groups in total. The van der Waals surface area contributed by atoms with Gasteiger partial charge in [0.2, 0.25) is 0 Å². The van der Waals surface area contributed by atoms with Gasteiger partial charge in [-0.25, -0.2) is 0 Å². The number of rotatable bonds is 6. The molecule has 0 saturated heterocycles. The Morgan fingerprint density at radius 1 is 1.11 bits per heavy atom. The van der Waals surface area contributed by atoms with Gasteiger partial charge in [-0.15, -0.1) is 0 Å². The minimum Gasteiger partial charge on any atom is -0.394 e. The zero-order valence-corrected chi connectivity index (χ0v) is 13.7. The van der Waals surface area contributed by atoms with E-state index in [0.29, 0.717) is 0 Å². The van der Waals surface area contributed by atoms with Gasteiger partial charge in [-0.3, -0.25) is 14.9 Å². The van der Waals surface area contributed by atoms with Crippen molar-refractivity contribution in [2.45, 2.75) is 18.3 Å². The molecule has 0 bridgehead atoms. The first-order valence-corrected chi connectivity index (χ1v) is 7.65. The maximum Gasteiger partial charge on any atom is 0.416 e. The van der Waals surface area contributed by atoms with E-state index >= 15 is 0 Å². The molecule has 2 atom stereocenters. The number of alkyl halides is 3. The lowest BCUT2D eigenvalue weighted by Gasteiger charge is -2.22. The molecular formula is C17H15F3N2O5. The van der Waals surface area contributed by atoms with Gasteiger partial charge in [-0.1, -0.05) is 0 Å². The van der Waals surface area contributed by atoms with Crippen LogP contribution in [0.15, 0.2) is 48.5 Å². The number of non-ortho nitro benzene ring substituents is 1. The van der Waals surface area contributed by atoms with Gasteiger partial charge in [0.1, 0.15) is 6.10 Å². The van der Waals surface area contributed by atoms with Crippen LogP contribution in [-0.4, -0.2) is 33.7 Å². The summed E-state index contributed by atoms with van der Waals surface area (Å²) in [7, 11) is 0. The lowest BCUT2D eigenvalue weighted by Crippen LogP contribution is -2.42. The number of nitro groups is 1. The second kappa shape index (κ2) is 8.14. The number of carbonyl (C=O) groups excluding carboxylic acids is 1. The Morgan fingerprint density at radius 2 is 1.67 bits per heavy atom. The molecule has 0 aliphatic carbocycles. The van der Waals surface area contributed by atoms with E-state index in [2.05, 4.69) is 5.32 Å². The molecule has 10 heteroatoms. The van der Waals surface area contributed by atoms with Gasteiger partial charge in [-0.05, 0) is 42.0 Å². The number of halogens is 3. The van der Waals surface area contributed by atoms with Gasteiger partial charge in [0, 0.05) is 17.7 Å². The fraction of sp³-hybridized carbons (Fsp3) is 0.235. The summed E-state index contributed by atoms with van der Waals surface area (Å²) in [5.41, 5.74) is -0.978. The molecule has 2 aromatic rings. The zero-order chi connectivity index (χ0) is 20.2. The van der Waals surface area contributed by atoms with E-state index in [1.165, 1.54) is 12.1 Å². The number of benzene rings is 2. The summed E-state index contributed by atoms with van der Waals surface area (Å²) in [6.07, 6.45) is -5.91. The molecule has 27 heavy (non-hydrogen) atoms. The molecule has 0 aromatic heterocycles. The van der Waals surface area contributed by atoms with E-state index in [4.69, 9.17) is 0 Å². The number of amides is 1. The number of aliphatic hydroxyl groups is 2. The highest BCUT2D eigenvalue weighted by Gasteiger charge is 2.30. The molecule has 0 radical (unpaired) electrons. The van der Waals surface area contributed by atoms with Crippen molar-refractivity contribution in [1.82, 2.24) is 5.32 Å². The average Bonchev–Trinajstić information content (AvgIpc) is 2.64. The van der Waals surface area contributed by atoms with Crippen LogP contribution in [0.25, 0.3) is 0 Å². The summed E-state index contributed by atoms with van der Waals surface area (Å²) in [4.78, 5) is 22.2. The van der Waals surface area contributed by atoms with Crippen molar-refractivity contribution in [1.29, 1.82) is 0 Å². The summed E-state index contributed by atoms with van der Waals surface area (Å²) >= 11 is 0. The van der Waals surface area contributed by atoms with Crippen LogP contribution in [0.1, 0.15) is 27.6 Å². The molecule has 0 aliphatic heterocycles. The molecule has 0 saturated carbocycles. The van der Waals surface area contributed by atoms with Crippen LogP contribution in [0.4, 0.5) is 18.9 Å². The van der Waals surface area contributed by atoms with E-state index < -0.39 is 41.3 Å². The maximum atomic E-state index is 12.5. The van der Waals surface area contributed by atoms with E-state index in [9.17, 15) is 38.3 Å². The minimum absolute atomic E-state index is 0.0858. The smallest absolute Gasteiger partial charge is 0.394 e. The maximum absolute atomic E-state index is 12.5. The molecular weight excluding hydrogens is 369 g/mol. The number of nitro benzene ring substituents is 1. The summed E-state index contributed by atoms with van der Waals surface area (Å²) in [6.45, 7) is -0.662. The zero-order valence-electron chi connectivity index (χ0n) is 13.7. The molecule has 0 aliphatic rings. The van der Waals surface area contributed by atoms with Crippen LogP contribution in [0.2, 0.25) is 0 Å². The van der Waals surface area contributed by atoms with E-state index in [1.54, 1.807) is 0 Å². The number of aliphatic hydroxyl groups excluding tert-OH is 2. The first-order chi connectivity index (χ1) is 12.6. The number of nitrogens with zero attached hydrogens (tertiary/aromatic N) is 1. The van der Waals surface area contributed by atoms with Crippen molar-refractivity contribution in [3.63, 3.8) is 0 Å². The van der Waals surface area contributed by atoms with Crippen LogP contribution in [0.5, 0.6) is 0 Å². The third-order valence-corrected chi connectivity index (χ3v) is 3.81. The highest BCUT2D eigenvalue weighted by Crippen LogP contribution is 2.29. The average molecular weight is 384 g/mol. The molecule has 0 unspecified atom stereocenters. The summed E-state index contributed by atoms with van der Waals surface area (Å²) < 4.78 is 37.6. The number of carbonyl (C=O) groups is 1. The third kappa shape index (κ3) is 5.02. The number of hydrogen-bond donors (Lipinski definition) is 3. The van der Waals surface area contributed by atoms with Crippen molar-refractivity contribution >= 4 is 11.6 Å². The summed E-state index contributed by atoms with van der Waals surface area (Å²) in [5, 5.41) is 32.6. The quantitative estimate of drug-likeness (QED) is 0.523. The Bertz CT molecular complexity index is 807. The van der Waals surface area contributed by atoms with Crippen LogP contribution < -0.4 is 5.32 Å². The van der Waals surface area contributed by atoms with Gasteiger partial charge in [0.15, 0.2) is 0 Å². The summed E-state index contributed by atoms with van der Waals surface area (Å²) in [6, 6.07) is 7.14. The van der Waals surface area contributed by atoms with E-state index in [0.717, 1.165) is 36.4 Å². The molecule has 2 rings (SSSR count). The molecule has 2 aromatic carbocycles. The van der Waals surface area contributed by atoms with Gasteiger partial charge in [-0.2, -0.15) is 13.2 Å². The number of nitrogens with one attached hydrogen (secondary N) is 1. The van der Waals surface area contributed by atoms with Gasteiger partial charge < -0.3 is 15.5 Å². The first kappa shape index (κ1) is 20.3. The highest BCUT2D eigenvalue weighted by atomic mass is 19.4. The van der Waals surface area contributed by atoms with Crippen molar-refractivity contribution in [3.05, 3.63) is 75.3 Å². The van der Waals surface area contributed by atoms with Crippen molar-refractivity contribution < 1.29 is 33.1 Å². The van der Waals surface area contributed by atoms with Crippen molar-refractivity contribution in [2.24, 2.45) is 0 Å². The standard InChI is InChI=1S/C17H15F3N2O5/c18-17(19,20)12-5-1-11(2-6-12)16(25)21-14(9-23)15(24)10-3-7-13(8-4-10)22(26)27/h1-8,14-15,23-24H,9H2,(H,21,25)/t14-,15-/m1/s1. The summed E-state index contributed by atoms with van der Waals surface area (Å²) in [5.74, 6) is -0.788. The monoisotopic (exact) mass is 384 g/mol. The second-order valence-electron chi connectivity index (χ2n) is 5.63. The van der Waals surface area contributed by atoms with E-state index in [-0.39, 0.29) is 16.8 Å². The van der Waals surface area contributed by atoms with Crippen molar-refractivity contribution in [3.8, 4) is 0 Å². The molecule has 0 spiro atoms. The SMILES string of the molecule is O=C(N[C@H](CO)[C@H](O)c1ccc([N+](=O)[O-])cc1)c1ccc(C(F)(F)F)cc1. The molecule has 0 heterocycles. The first-order valence-electron chi connectivity index (χ1n) is 7.65. The Hall–Kier alpha value is -2.98. The second-order valence-corrected chi connectivity index (χ2v) is 5.63. The predicted octanol–water partition coefficient (Wildman–Crippen LogP) is 2.44.